The van der Waals surface area contributed by atoms with E-state index in [0.717, 1.165) is 16.5 Å². The van der Waals surface area contributed by atoms with Crippen molar-refractivity contribution < 1.29 is 9.13 Å². The first-order valence-corrected chi connectivity index (χ1v) is 6.86. The molecule has 0 aromatic heterocycles. The Balaban J connectivity index is 2.52. The highest BCUT2D eigenvalue weighted by Gasteiger charge is 2.19. The van der Waals surface area contributed by atoms with E-state index < -0.39 is 0 Å². The van der Waals surface area contributed by atoms with Crippen LogP contribution >= 0.6 is 15.9 Å². The van der Waals surface area contributed by atoms with Crippen LogP contribution in [0.2, 0.25) is 0 Å². The Morgan fingerprint density at radius 1 is 1.44 bits per heavy atom. The van der Waals surface area contributed by atoms with Crippen LogP contribution in [0.5, 0.6) is 0 Å². The van der Waals surface area contributed by atoms with E-state index in [1.807, 2.05) is 0 Å². The molecule has 0 fully saturated rings. The lowest BCUT2D eigenvalue weighted by Gasteiger charge is -2.27. The zero-order valence-electron chi connectivity index (χ0n) is 11.4. The number of hydrogen-bond acceptors (Lipinski definition) is 2. The third kappa shape index (κ3) is 5.04. The van der Waals surface area contributed by atoms with Crippen LogP contribution in [-0.2, 0) is 11.3 Å². The largest absolute Gasteiger partial charge is 0.379 e. The third-order valence-electron chi connectivity index (χ3n) is 3.00. The van der Waals surface area contributed by atoms with Crippen molar-refractivity contribution in [3.63, 3.8) is 0 Å². The van der Waals surface area contributed by atoms with Crippen molar-refractivity contribution in [1.82, 2.24) is 5.32 Å². The Morgan fingerprint density at radius 2 is 2.11 bits per heavy atom. The van der Waals surface area contributed by atoms with Gasteiger partial charge in [0.05, 0.1) is 5.60 Å². The summed E-state index contributed by atoms with van der Waals surface area (Å²) < 4.78 is 19.4. The van der Waals surface area contributed by atoms with Crippen molar-refractivity contribution >= 4 is 15.9 Å². The summed E-state index contributed by atoms with van der Waals surface area (Å²) in [6, 6.07) is 5.03. The van der Waals surface area contributed by atoms with E-state index in [1.165, 1.54) is 6.07 Å². The van der Waals surface area contributed by atoms with Gasteiger partial charge in [0, 0.05) is 24.2 Å². The number of ether oxygens (including phenoxy) is 1. The fourth-order valence-corrected chi connectivity index (χ4v) is 2.24. The van der Waals surface area contributed by atoms with Gasteiger partial charge < -0.3 is 10.1 Å². The molecule has 2 nitrogen and oxygen atoms in total. The second-order valence-electron chi connectivity index (χ2n) is 5.19. The first-order valence-electron chi connectivity index (χ1n) is 6.06. The topological polar surface area (TPSA) is 21.3 Å². The number of hydrogen-bond donors (Lipinski definition) is 1. The van der Waals surface area contributed by atoms with Crippen molar-refractivity contribution in [2.45, 2.75) is 45.4 Å². The highest BCUT2D eigenvalue weighted by Crippen LogP contribution is 2.19. The molecule has 102 valence electrons. The van der Waals surface area contributed by atoms with E-state index in [4.69, 9.17) is 4.74 Å². The fraction of sp³-hybridized carbons (Fsp3) is 0.571. The second kappa shape index (κ2) is 6.64. The summed E-state index contributed by atoms with van der Waals surface area (Å²) in [4.78, 5) is 0. The highest BCUT2D eigenvalue weighted by atomic mass is 79.9. The van der Waals surface area contributed by atoms with Crippen molar-refractivity contribution in [3.05, 3.63) is 34.1 Å². The van der Waals surface area contributed by atoms with Crippen molar-refractivity contribution in [1.29, 1.82) is 0 Å². The maximum atomic E-state index is 13.1. The van der Waals surface area contributed by atoms with Crippen LogP contribution in [-0.4, -0.2) is 18.8 Å². The van der Waals surface area contributed by atoms with E-state index >= 15 is 0 Å². The van der Waals surface area contributed by atoms with Crippen molar-refractivity contribution in [2.24, 2.45) is 0 Å². The molecule has 0 aliphatic rings. The molecular formula is C14H21BrFNO. The third-order valence-corrected chi connectivity index (χ3v) is 3.77. The molecule has 0 bridgehead atoms. The monoisotopic (exact) mass is 317 g/mol. The van der Waals surface area contributed by atoms with Crippen LogP contribution in [0.3, 0.4) is 0 Å². The number of methoxy groups -OCH3 is 1. The van der Waals surface area contributed by atoms with E-state index in [1.54, 1.807) is 19.2 Å². The molecule has 0 saturated heterocycles. The van der Waals surface area contributed by atoms with Gasteiger partial charge in [-0.3, -0.25) is 0 Å². The zero-order valence-corrected chi connectivity index (χ0v) is 13.0. The molecule has 0 aliphatic carbocycles. The van der Waals surface area contributed by atoms with E-state index in [2.05, 4.69) is 42.0 Å². The molecule has 1 aromatic rings. The molecule has 0 spiro atoms. The van der Waals surface area contributed by atoms with Gasteiger partial charge in [0.2, 0.25) is 0 Å². The van der Waals surface area contributed by atoms with Gasteiger partial charge in [-0.15, -0.1) is 0 Å². The molecule has 0 amide bonds. The van der Waals surface area contributed by atoms with Gasteiger partial charge in [0.1, 0.15) is 5.82 Å². The highest BCUT2D eigenvalue weighted by molar-refractivity contribution is 9.10. The van der Waals surface area contributed by atoms with Gasteiger partial charge in [0.25, 0.3) is 0 Å². The summed E-state index contributed by atoms with van der Waals surface area (Å²) in [7, 11) is 1.72. The summed E-state index contributed by atoms with van der Waals surface area (Å²) in [5, 5.41) is 3.38. The molecule has 0 heterocycles. The summed E-state index contributed by atoms with van der Waals surface area (Å²) in [6.07, 6.45) is 0.899. The van der Waals surface area contributed by atoms with Gasteiger partial charge >= 0.3 is 0 Å². The van der Waals surface area contributed by atoms with Crippen LogP contribution in [0.4, 0.5) is 4.39 Å². The summed E-state index contributed by atoms with van der Waals surface area (Å²) in [6.45, 7) is 6.86. The Kier molecular flexibility index (Phi) is 5.76. The average Bonchev–Trinajstić information content (AvgIpc) is 2.30. The van der Waals surface area contributed by atoms with Crippen molar-refractivity contribution in [3.8, 4) is 0 Å². The minimum absolute atomic E-state index is 0.147. The second-order valence-corrected chi connectivity index (χ2v) is 6.04. The molecule has 1 atom stereocenters. The maximum Gasteiger partial charge on any atom is 0.123 e. The normalized spacial score (nSPS) is 13.7. The number of nitrogens with one attached hydrogen (secondary N) is 1. The van der Waals surface area contributed by atoms with Gasteiger partial charge in [-0.25, -0.2) is 4.39 Å². The summed E-state index contributed by atoms with van der Waals surface area (Å²) in [5.41, 5.74) is 0.781. The molecule has 18 heavy (non-hydrogen) atoms. The average molecular weight is 318 g/mol. The Labute approximate surface area is 117 Å². The number of halogens is 2. The first-order chi connectivity index (χ1) is 8.34. The number of benzene rings is 1. The fourth-order valence-electron chi connectivity index (χ4n) is 1.86. The first kappa shape index (κ1) is 15.6. The standard InChI is InChI=1S/C14H21BrFNO/c1-10(8-14(2,3)18-4)17-9-11-7-12(16)5-6-13(11)15/h5-7,10,17H,8-9H2,1-4H3. The maximum absolute atomic E-state index is 13.1. The Hall–Kier alpha value is -0.450. The summed E-state index contributed by atoms with van der Waals surface area (Å²) >= 11 is 3.42. The van der Waals surface area contributed by atoms with E-state index in [-0.39, 0.29) is 11.4 Å². The SMILES string of the molecule is COC(C)(C)CC(C)NCc1cc(F)ccc1Br. The number of rotatable bonds is 6. The van der Waals surface area contributed by atoms with Gasteiger partial charge in [-0.2, -0.15) is 0 Å². The predicted octanol–water partition coefficient (Wildman–Crippen LogP) is 3.88. The molecule has 0 aliphatic heterocycles. The molecular weight excluding hydrogens is 297 g/mol. The Bertz CT molecular complexity index is 395. The minimum atomic E-state index is -0.208. The van der Waals surface area contributed by atoms with E-state index in [9.17, 15) is 4.39 Å². The van der Waals surface area contributed by atoms with Crippen molar-refractivity contribution in [2.75, 3.05) is 7.11 Å². The van der Waals surface area contributed by atoms with Crippen LogP contribution < -0.4 is 5.32 Å². The quantitative estimate of drug-likeness (QED) is 0.859. The molecule has 1 unspecified atom stereocenters. The van der Waals surface area contributed by atoms with Gasteiger partial charge in [-0.05, 0) is 51.0 Å². The molecule has 0 saturated carbocycles. The van der Waals surface area contributed by atoms with Crippen LogP contribution in [0.25, 0.3) is 0 Å². The molecule has 0 radical (unpaired) electrons. The molecule has 1 rings (SSSR count). The minimum Gasteiger partial charge on any atom is -0.379 e. The zero-order chi connectivity index (χ0) is 13.8. The smallest absolute Gasteiger partial charge is 0.123 e. The van der Waals surface area contributed by atoms with Crippen LogP contribution in [0.1, 0.15) is 32.8 Å². The van der Waals surface area contributed by atoms with Crippen LogP contribution in [0.15, 0.2) is 22.7 Å². The molecule has 1 aromatic carbocycles. The lowest BCUT2D eigenvalue weighted by molar-refractivity contribution is 0.00844. The predicted molar refractivity (Wildman–Crippen MR) is 76.1 cm³/mol. The van der Waals surface area contributed by atoms with Gasteiger partial charge in [-0.1, -0.05) is 15.9 Å². The van der Waals surface area contributed by atoms with Crippen LogP contribution in [0, 0.1) is 5.82 Å². The van der Waals surface area contributed by atoms with E-state index in [0.29, 0.717) is 12.6 Å². The van der Waals surface area contributed by atoms with Gasteiger partial charge in [0.15, 0.2) is 0 Å². The summed E-state index contributed by atoms with van der Waals surface area (Å²) in [5.74, 6) is -0.208. The molecule has 4 heteroatoms. The Morgan fingerprint density at radius 3 is 2.72 bits per heavy atom. The molecule has 1 N–H and O–H groups in total. The lowest BCUT2D eigenvalue weighted by Crippen LogP contribution is -2.35. The lowest BCUT2D eigenvalue weighted by atomic mass is 10.00.